The van der Waals surface area contributed by atoms with E-state index in [0.29, 0.717) is 25.3 Å². The van der Waals surface area contributed by atoms with Gasteiger partial charge in [-0.05, 0) is 30.5 Å². The Morgan fingerprint density at radius 2 is 1.90 bits per heavy atom. The Morgan fingerprint density at radius 1 is 1.19 bits per heavy atom. The molecule has 2 nitrogen and oxygen atoms in total. The van der Waals surface area contributed by atoms with Crippen LogP contribution in [0.2, 0.25) is 0 Å². The van der Waals surface area contributed by atoms with Crippen LogP contribution >= 0.6 is 0 Å². The van der Waals surface area contributed by atoms with Crippen molar-refractivity contribution in [2.45, 2.75) is 44.5 Å². The highest BCUT2D eigenvalue weighted by molar-refractivity contribution is 5.30. The van der Waals surface area contributed by atoms with E-state index in [0.717, 1.165) is 18.9 Å². The van der Waals surface area contributed by atoms with Crippen LogP contribution < -0.4 is 5.32 Å². The number of nitrogens with one attached hydrogen (secondary N) is 1. The van der Waals surface area contributed by atoms with E-state index in [9.17, 15) is 17.6 Å². The molecule has 1 fully saturated rings. The second-order valence-corrected chi connectivity index (χ2v) is 5.25. The molecule has 1 aromatic carbocycles. The first-order chi connectivity index (χ1) is 9.97. The molecular formula is C15H19F4NO. The van der Waals surface area contributed by atoms with Gasteiger partial charge in [0, 0.05) is 13.1 Å². The Bertz CT molecular complexity index is 455. The summed E-state index contributed by atoms with van der Waals surface area (Å²) in [7, 11) is 0. The molecule has 0 heterocycles. The number of rotatable bonds is 6. The molecule has 0 aromatic heterocycles. The van der Waals surface area contributed by atoms with Gasteiger partial charge < -0.3 is 10.1 Å². The lowest BCUT2D eigenvalue weighted by atomic mass is 10.1. The maximum Gasteiger partial charge on any atom is 0.416 e. The largest absolute Gasteiger partial charge is 0.416 e. The maximum absolute atomic E-state index is 13.0. The topological polar surface area (TPSA) is 21.3 Å². The van der Waals surface area contributed by atoms with Gasteiger partial charge in [0.05, 0.1) is 18.3 Å². The van der Waals surface area contributed by atoms with Crippen molar-refractivity contribution in [2.75, 3.05) is 13.2 Å². The van der Waals surface area contributed by atoms with E-state index >= 15 is 0 Å². The lowest BCUT2D eigenvalue weighted by Crippen LogP contribution is -2.23. The third-order valence-corrected chi connectivity index (χ3v) is 3.63. The van der Waals surface area contributed by atoms with E-state index in [1.165, 1.54) is 18.9 Å². The summed E-state index contributed by atoms with van der Waals surface area (Å²) in [5.41, 5.74) is -0.878. The minimum absolute atomic E-state index is 0.0448. The molecule has 0 saturated heterocycles. The van der Waals surface area contributed by atoms with Crippen LogP contribution in [0.4, 0.5) is 17.6 Å². The lowest BCUT2D eigenvalue weighted by molar-refractivity contribution is -0.138. The Hall–Kier alpha value is -1.14. The summed E-state index contributed by atoms with van der Waals surface area (Å²) >= 11 is 0. The van der Waals surface area contributed by atoms with Crippen molar-refractivity contribution < 1.29 is 22.3 Å². The molecule has 0 atom stereocenters. The summed E-state index contributed by atoms with van der Waals surface area (Å²) in [5.74, 6) is -0.879. The summed E-state index contributed by atoms with van der Waals surface area (Å²) in [4.78, 5) is 0. The molecular weight excluding hydrogens is 286 g/mol. The number of ether oxygens (including phenoxy) is 1. The summed E-state index contributed by atoms with van der Waals surface area (Å²) in [6.45, 7) is 1.00. The van der Waals surface area contributed by atoms with Crippen LogP contribution in [0.1, 0.15) is 36.8 Å². The maximum atomic E-state index is 13.0. The van der Waals surface area contributed by atoms with E-state index in [1.54, 1.807) is 0 Å². The van der Waals surface area contributed by atoms with Crippen LogP contribution in [0.25, 0.3) is 0 Å². The van der Waals surface area contributed by atoms with Gasteiger partial charge in [0.2, 0.25) is 0 Å². The number of alkyl halides is 3. The molecule has 2 rings (SSSR count). The van der Waals surface area contributed by atoms with Crippen molar-refractivity contribution in [3.05, 3.63) is 35.1 Å². The predicted molar refractivity (Wildman–Crippen MR) is 71.3 cm³/mol. The highest BCUT2D eigenvalue weighted by Crippen LogP contribution is 2.32. The van der Waals surface area contributed by atoms with Gasteiger partial charge in [-0.2, -0.15) is 13.2 Å². The van der Waals surface area contributed by atoms with Crippen molar-refractivity contribution in [2.24, 2.45) is 0 Å². The zero-order valence-electron chi connectivity index (χ0n) is 11.7. The lowest BCUT2D eigenvalue weighted by Gasteiger charge is -2.14. The first kappa shape index (κ1) is 16.2. The molecule has 1 aromatic rings. The van der Waals surface area contributed by atoms with Crippen LogP contribution in [0.15, 0.2) is 18.2 Å². The predicted octanol–water partition coefficient (Wildman–Crippen LogP) is 3.89. The normalized spacial score (nSPS) is 16.6. The van der Waals surface area contributed by atoms with Crippen molar-refractivity contribution in [3.63, 3.8) is 0 Å². The van der Waals surface area contributed by atoms with Crippen LogP contribution in [0.5, 0.6) is 0 Å². The third-order valence-electron chi connectivity index (χ3n) is 3.63. The van der Waals surface area contributed by atoms with Gasteiger partial charge in [0.25, 0.3) is 0 Å². The Morgan fingerprint density at radius 3 is 2.57 bits per heavy atom. The molecule has 0 amide bonds. The second-order valence-electron chi connectivity index (χ2n) is 5.25. The standard InChI is InChI=1S/C15H19F4NO/c16-12-6-5-11(14(9-12)15(17,18)19)10-20-7-8-21-13-3-1-2-4-13/h5-6,9,13,20H,1-4,7-8,10H2. The minimum atomic E-state index is -4.54. The Balaban J connectivity index is 1.79. The van der Waals surface area contributed by atoms with Crippen molar-refractivity contribution >= 4 is 0 Å². The molecule has 118 valence electrons. The average molecular weight is 305 g/mol. The molecule has 0 unspecified atom stereocenters. The number of benzene rings is 1. The molecule has 1 aliphatic rings. The highest BCUT2D eigenvalue weighted by Gasteiger charge is 2.33. The summed E-state index contributed by atoms with van der Waals surface area (Å²) in [5, 5.41) is 2.91. The smallest absolute Gasteiger partial charge is 0.377 e. The van der Waals surface area contributed by atoms with Crippen LogP contribution in [-0.2, 0) is 17.5 Å². The summed E-state index contributed by atoms with van der Waals surface area (Å²) in [6.07, 6.45) is 0.250. The molecule has 0 radical (unpaired) electrons. The van der Waals surface area contributed by atoms with Gasteiger partial charge in [-0.1, -0.05) is 18.9 Å². The van der Waals surface area contributed by atoms with Crippen molar-refractivity contribution in [1.82, 2.24) is 5.32 Å². The average Bonchev–Trinajstić information content (AvgIpc) is 2.92. The van der Waals surface area contributed by atoms with Gasteiger partial charge >= 0.3 is 6.18 Å². The number of hydrogen-bond donors (Lipinski definition) is 1. The molecule has 1 N–H and O–H groups in total. The molecule has 1 aliphatic carbocycles. The molecule has 0 spiro atoms. The number of hydrogen-bond acceptors (Lipinski definition) is 2. The van der Waals surface area contributed by atoms with Crippen molar-refractivity contribution in [3.8, 4) is 0 Å². The fraction of sp³-hybridized carbons (Fsp3) is 0.600. The Labute approximate surface area is 121 Å². The quantitative estimate of drug-likeness (QED) is 0.636. The van der Waals surface area contributed by atoms with Gasteiger partial charge in [0.1, 0.15) is 5.82 Å². The van der Waals surface area contributed by atoms with Crippen LogP contribution in [0, 0.1) is 5.82 Å². The van der Waals surface area contributed by atoms with Gasteiger partial charge in [-0.25, -0.2) is 4.39 Å². The van der Waals surface area contributed by atoms with E-state index < -0.39 is 17.6 Å². The molecule has 0 bridgehead atoms. The third kappa shape index (κ3) is 4.97. The first-order valence-electron chi connectivity index (χ1n) is 7.15. The fourth-order valence-corrected chi connectivity index (χ4v) is 2.54. The van der Waals surface area contributed by atoms with Crippen LogP contribution in [0.3, 0.4) is 0 Å². The monoisotopic (exact) mass is 305 g/mol. The van der Waals surface area contributed by atoms with Gasteiger partial charge in [-0.15, -0.1) is 0 Å². The zero-order chi connectivity index (χ0) is 15.3. The fourth-order valence-electron chi connectivity index (χ4n) is 2.54. The van der Waals surface area contributed by atoms with Crippen molar-refractivity contribution in [1.29, 1.82) is 0 Å². The second kappa shape index (κ2) is 7.22. The number of halogens is 4. The molecule has 21 heavy (non-hydrogen) atoms. The molecule has 6 heteroatoms. The zero-order valence-corrected chi connectivity index (χ0v) is 11.7. The van der Waals surface area contributed by atoms with Gasteiger partial charge in [-0.3, -0.25) is 0 Å². The van der Waals surface area contributed by atoms with E-state index in [1.807, 2.05) is 0 Å². The summed E-state index contributed by atoms with van der Waals surface area (Å²) < 4.78 is 56.9. The first-order valence-corrected chi connectivity index (χ1v) is 7.15. The molecule has 0 aliphatic heterocycles. The highest BCUT2D eigenvalue weighted by atomic mass is 19.4. The van der Waals surface area contributed by atoms with E-state index in [-0.39, 0.29) is 12.1 Å². The van der Waals surface area contributed by atoms with Gasteiger partial charge in [0.15, 0.2) is 0 Å². The molecule has 1 saturated carbocycles. The minimum Gasteiger partial charge on any atom is -0.377 e. The SMILES string of the molecule is Fc1ccc(CNCCOC2CCCC2)c(C(F)(F)F)c1. The van der Waals surface area contributed by atoms with E-state index in [2.05, 4.69) is 5.32 Å². The summed E-state index contributed by atoms with van der Waals surface area (Å²) in [6, 6.07) is 2.75. The van der Waals surface area contributed by atoms with E-state index in [4.69, 9.17) is 4.74 Å². The Kier molecular flexibility index (Phi) is 5.58. The van der Waals surface area contributed by atoms with Crippen LogP contribution in [-0.4, -0.2) is 19.3 Å².